The molecule has 4 amide bonds. The summed E-state index contributed by atoms with van der Waals surface area (Å²) < 4.78 is 27.6. The zero-order valence-electron chi connectivity index (χ0n) is 19.6. The van der Waals surface area contributed by atoms with Crippen LogP contribution >= 0.6 is 11.6 Å². The molecule has 1 atom stereocenters. The highest BCUT2D eigenvalue weighted by molar-refractivity contribution is 6.30. The third kappa shape index (κ3) is 6.22. The summed E-state index contributed by atoms with van der Waals surface area (Å²) in [6.07, 6.45) is -1.36. The van der Waals surface area contributed by atoms with Crippen molar-refractivity contribution in [3.63, 3.8) is 0 Å². The molecule has 37 heavy (non-hydrogen) atoms. The van der Waals surface area contributed by atoms with Crippen LogP contribution in [0.3, 0.4) is 0 Å². The van der Waals surface area contributed by atoms with E-state index in [0.717, 1.165) is 28.2 Å². The molecule has 1 unspecified atom stereocenters. The van der Waals surface area contributed by atoms with E-state index >= 15 is 0 Å². The Balaban J connectivity index is 1.58. The van der Waals surface area contributed by atoms with Crippen molar-refractivity contribution in [2.24, 2.45) is 5.73 Å². The summed E-state index contributed by atoms with van der Waals surface area (Å²) in [4.78, 5) is 42.0. The standard InChI is InChI=1S/C26H24ClF2N5O3/c27-19-4-6-22(7-5-19)32-26(37)34-9-8-33(25(36)18-11-20(28)13-21(29)12-18)24(34)23(35)31-15-17-3-1-2-16(10-17)14-30/h1-7,10-13,24H,8-9,14-15,30H2,(H,31,35)(H,32,37). The van der Waals surface area contributed by atoms with E-state index in [1.165, 1.54) is 4.90 Å². The minimum Gasteiger partial charge on any atom is -0.349 e. The number of nitrogens with one attached hydrogen (secondary N) is 2. The molecule has 0 aliphatic carbocycles. The predicted octanol–water partition coefficient (Wildman–Crippen LogP) is 3.71. The number of benzene rings is 3. The van der Waals surface area contributed by atoms with E-state index in [-0.39, 0.29) is 25.2 Å². The first-order chi connectivity index (χ1) is 17.7. The molecule has 3 aromatic rings. The number of amides is 4. The third-order valence-corrected chi connectivity index (χ3v) is 6.08. The molecule has 1 heterocycles. The molecule has 1 saturated heterocycles. The molecule has 3 aromatic carbocycles. The number of hydrogen-bond donors (Lipinski definition) is 3. The molecule has 1 aliphatic rings. The average molecular weight is 528 g/mol. The Hall–Kier alpha value is -4.02. The largest absolute Gasteiger partial charge is 0.349 e. The first-order valence-electron chi connectivity index (χ1n) is 11.4. The second-order valence-corrected chi connectivity index (χ2v) is 8.84. The van der Waals surface area contributed by atoms with Crippen molar-refractivity contribution in [3.8, 4) is 0 Å². The predicted molar refractivity (Wildman–Crippen MR) is 135 cm³/mol. The van der Waals surface area contributed by atoms with Gasteiger partial charge in [0, 0.05) is 48.5 Å². The van der Waals surface area contributed by atoms with Crippen LogP contribution in [-0.4, -0.2) is 46.9 Å². The van der Waals surface area contributed by atoms with Crippen LogP contribution in [0.5, 0.6) is 0 Å². The van der Waals surface area contributed by atoms with Crippen LogP contribution in [0.15, 0.2) is 66.7 Å². The van der Waals surface area contributed by atoms with Crippen molar-refractivity contribution >= 4 is 35.1 Å². The summed E-state index contributed by atoms with van der Waals surface area (Å²) in [6, 6.07) is 15.4. The van der Waals surface area contributed by atoms with Crippen molar-refractivity contribution in [2.45, 2.75) is 19.3 Å². The lowest BCUT2D eigenvalue weighted by Gasteiger charge is -2.29. The number of carbonyl (C=O) groups excluding carboxylic acids is 3. The molecule has 0 aromatic heterocycles. The van der Waals surface area contributed by atoms with Gasteiger partial charge >= 0.3 is 6.03 Å². The Bertz CT molecular complexity index is 1300. The molecule has 4 rings (SSSR count). The lowest BCUT2D eigenvalue weighted by Crippen LogP contribution is -2.54. The SMILES string of the molecule is NCc1cccc(CNC(=O)C2N(C(=O)Nc3ccc(Cl)cc3)CCN2C(=O)c2cc(F)cc(F)c2)c1. The van der Waals surface area contributed by atoms with Gasteiger partial charge in [0.15, 0.2) is 6.17 Å². The van der Waals surface area contributed by atoms with Crippen LogP contribution < -0.4 is 16.4 Å². The fourth-order valence-corrected chi connectivity index (χ4v) is 4.18. The first-order valence-corrected chi connectivity index (χ1v) is 11.8. The van der Waals surface area contributed by atoms with Gasteiger partial charge in [-0.3, -0.25) is 14.5 Å². The molecule has 11 heteroatoms. The van der Waals surface area contributed by atoms with Crippen LogP contribution in [0, 0.1) is 11.6 Å². The summed E-state index contributed by atoms with van der Waals surface area (Å²) >= 11 is 5.90. The van der Waals surface area contributed by atoms with Crippen LogP contribution in [0.4, 0.5) is 19.3 Å². The van der Waals surface area contributed by atoms with Gasteiger partial charge in [0.25, 0.3) is 11.8 Å². The monoisotopic (exact) mass is 527 g/mol. The Morgan fingerprint density at radius 1 is 0.919 bits per heavy atom. The molecule has 192 valence electrons. The molecule has 1 fully saturated rings. The molecule has 0 spiro atoms. The van der Waals surface area contributed by atoms with Crippen molar-refractivity contribution in [3.05, 3.63) is 100 Å². The number of nitrogens with zero attached hydrogens (tertiary/aromatic N) is 2. The second kappa shape index (κ2) is 11.4. The number of urea groups is 1. The smallest absolute Gasteiger partial charge is 0.323 e. The minimum absolute atomic E-state index is 0.0176. The highest BCUT2D eigenvalue weighted by Crippen LogP contribution is 2.22. The maximum Gasteiger partial charge on any atom is 0.323 e. The van der Waals surface area contributed by atoms with Crippen LogP contribution in [-0.2, 0) is 17.9 Å². The van der Waals surface area contributed by atoms with E-state index in [2.05, 4.69) is 10.6 Å². The highest BCUT2D eigenvalue weighted by Gasteiger charge is 2.43. The molecule has 0 radical (unpaired) electrons. The Labute approximate surface area is 217 Å². The number of anilines is 1. The topological polar surface area (TPSA) is 108 Å². The van der Waals surface area contributed by atoms with Crippen LogP contribution in [0.2, 0.25) is 5.02 Å². The Kier molecular flexibility index (Phi) is 8.00. The zero-order valence-corrected chi connectivity index (χ0v) is 20.3. The van der Waals surface area contributed by atoms with Gasteiger partial charge in [-0.2, -0.15) is 0 Å². The zero-order chi connectivity index (χ0) is 26.5. The summed E-state index contributed by atoms with van der Waals surface area (Å²) in [6.45, 7) is 0.442. The lowest BCUT2D eigenvalue weighted by molar-refractivity contribution is -0.128. The number of halogens is 3. The van der Waals surface area contributed by atoms with Crippen molar-refractivity contribution in [1.29, 1.82) is 0 Å². The van der Waals surface area contributed by atoms with E-state index in [0.29, 0.717) is 23.3 Å². The summed E-state index contributed by atoms with van der Waals surface area (Å²) in [5.41, 5.74) is 7.49. The maximum atomic E-state index is 13.8. The first kappa shape index (κ1) is 26.1. The van der Waals surface area contributed by atoms with Crippen molar-refractivity contribution in [2.75, 3.05) is 18.4 Å². The van der Waals surface area contributed by atoms with Gasteiger partial charge in [0.1, 0.15) is 11.6 Å². The second-order valence-electron chi connectivity index (χ2n) is 8.40. The van der Waals surface area contributed by atoms with E-state index in [1.54, 1.807) is 36.4 Å². The fraction of sp³-hybridized carbons (Fsp3) is 0.192. The fourth-order valence-electron chi connectivity index (χ4n) is 4.06. The third-order valence-electron chi connectivity index (χ3n) is 5.83. The van der Waals surface area contributed by atoms with Crippen LogP contribution in [0.25, 0.3) is 0 Å². The van der Waals surface area contributed by atoms with Gasteiger partial charge in [0.2, 0.25) is 0 Å². The van der Waals surface area contributed by atoms with E-state index in [9.17, 15) is 23.2 Å². The van der Waals surface area contributed by atoms with Crippen molar-refractivity contribution in [1.82, 2.24) is 15.1 Å². The van der Waals surface area contributed by atoms with Gasteiger partial charge in [0.05, 0.1) is 0 Å². The van der Waals surface area contributed by atoms with Gasteiger partial charge in [-0.1, -0.05) is 35.9 Å². The number of carbonyl (C=O) groups is 3. The van der Waals surface area contributed by atoms with Gasteiger partial charge in [-0.25, -0.2) is 13.6 Å². The van der Waals surface area contributed by atoms with E-state index in [4.69, 9.17) is 17.3 Å². The number of hydrogen-bond acceptors (Lipinski definition) is 4. The molecule has 1 aliphatic heterocycles. The quantitative estimate of drug-likeness (QED) is 0.454. The molecular formula is C26H24ClF2N5O3. The van der Waals surface area contributed by atoms with Crippen molar-refractivity contribution < 1.29 is 23.2 Å². The molecule has 8 nitrogen and oxygen atoms in total. The molecule has 0 bridgehead atoms. The van der Waals surface area contributed by atoms with Gasteiger partial charge in [-0.15, -0.1) is 0 Å². The van der Waals surface area contributed by atoms with Gasteiger partial charge in [-0.05, 0) is 47.5 Å². The normalized spacial score (nSPS) is 15.0. The van der Waals surface area contributed by atoms with E-state index in [1.807, 2.05) is 12.1 Å². The highest BCUT2D eigenvalue weighted by atomic mass is 35.5. The van der Waals surface area contributed by atoms with E-state index < -0.39 is 35.6 Å². The van der Waals surface area contributed by atoms with Gasteiger partial charge < -0.3 is 21.3 Å². The average Bonchev–Trinajstić information content (AvgIpc) is 3.33. The Morgan fingerprint density at radius 2 is 1.57 bits per heavy atom. The summed E-state index contributed by atoms with van der Waals surface area (Å²) in [7, 11) is 0. The van der Waals surface area contributed by atoms with Crippen LogP contribution in [0.1, 0.15) is 21.5 Å². The molecular weight excluding hydrogens is 504 g/mol. The molecule has 4 N–H and O–H groups in total. The molecule has 0 saturated carbocycles. The maximum absolute atomic E-state index is 13.8. The number of nitrogens with two attached hydrogens (primary N) is 1. The summed E-state index contributed by atoms with van der Waals surface area (Å²) in [5, 5.41) is 5.91. The summed E-state index contributed by atoms with van der Waals surface area (Å²) in [5.74, 6) is -3.28. The number of rotatable bonds is 6. The Morgan fingerprint density at radius 3 is 2.24 bits per heavy atom. The minimum atomic E-state index is -1.36. The lowest BCUT2D eigenvalue weighted by atomic mass is 10.1.